The molecule has 1 aromatic carbocycles. The predicted octanol–water partition coefficient (Wildman–Crippen LogP) is 1.91. The molecule has 0 atom stereocenters. The highest BCUT2D eigenvalue weighted by molar-refractivity contribution is 6.02. The number of hydrogen-bond donors (Lipinski definition) is 1. The van der Waals surface area contributed by atoms with E-state index in [2.05, 4.69) is 9.72 Å². The molecule has 0 bridgehead atoms. The molecule has 0 saturated carbocycles. The van der Waals surface area contributed by atoms with Crippen molar-refractivity contribution < 1.29 is 23.8 Å². The Morgan fingerprint density at radius 1 is 1.38 bits per heavy atom. The highest BCUT2D eigenvalue weighted by Crippen LogP contribution is 2.29. The highest BCUT2D eigenvalue weighted by atomic mass is 19.1. The van der Waals surface area contributed by atoms with Crippen molar-refractivity contribution in [1.29, 1.82) is 0 Å². The summed E-state index contributed by atoms with van der Waals surface area (Å²) >= 11 is 0. The van der Waals surface area contributed by atoms with E-state index in [-0.39, 0.29) is 29.4 Å². The Bertz CT molecular complexity index is 805. The minimum absolute atomic E-state index is 0.0417. The number of benzene rings is 1. The van der Waals surface area contributed by atoms with Crippen LogP contribution in [0.1, 0.15) is 32.0 Å². The minimum Gasteiger partial charge on any atom is -0.505 e. The molecule has 2 aromatic rings. The van der Waals surface area contributed by atoms with E-state index in [0.29, 0.717) is 18.5 Å². The molecular weight excluding hydrogens is 315 g/mol. The van der Waals surface area contributed by atoms with E-state index in [1.54, 1.807) is 12.1 Å². The third kappa shape index (κ3) is 2.80. The van der Waals surface area contributed by atoms with Crippen LogP contribution in [-0.4, -0.2) is 40.5 Å². The molecule has 0 aliphatic carbocycles. The average molecular weight is 330 g/mol. The van der Waals surface area contributed by atoms with Crippen LogP contribution in [0.5, 0.6) is 5.75 Å². The number of amides is 1. The number of carbonyl (C=O) groups is 2. The number of hydrogen-bond acceptors (Lipinski definition) is 5. The second-order valence-electron chi connectivity index (χ2n) is 5.44. The van der Waals surface area contributed by atoms with Gasteiger partial charge < -0.3 is 14.7 Å². The van der Waals surface area contributed by atoms with Gasteiger partial charge in [-0.05, 0) is 24.1 Å². The summed E-state index contributed by atoms with van der Waals surface area (Å²) in [5.74, 6) is -1.66. The zero-order chi connectivity index (χ0) is 17.3. The number of fused-ring (bicyclic) bond motifs is 1. The molecular formula is C17H15FN2O4. The number of aromatic hydroxyl groups is 1. The normalized spacial score (nSPS) is 13.6. The van der Waals surface area contributed by atoms with E-state index in [1.165, 1.54) is 24.1 Å². The lowest BCUT2D eigenvalue weighted by Crippen LogP contribution is -2.38. The molecule has 0 fully saturated rings. The van der Waals surface area contributed by atoms with Crippen molar-refractivity contribution in [1.82, 2.24) is 9.88 Å². The fourth-order valence-electron chi connectivity index (χ4n) is 2.76. The SMILES string of the molecule is COC(=O)c1ncc(O)c2c1CCN(Cc1ccc(F)cc1)C2=O. The van der Waals surface area contributed by atoms with Gasteiger partial charge in [-0.25, -0.2) is 14.2 Å². The molecule has 3 rings (SSSR count). The molecule has 2 heterocycles. The maximum atomic E-state index is 13.0. The summed E-state index contributed by atoms with van der Waals surface area (Å²) in [5, 5.41) is 10.0. The van der Waals surface area contributed by atoms with Crippen molar-refractivity contribution >= 4 is 11.9 Å². The summed E-state index contributed by atoms with van der Waals surface area (Å²) in [7, 11) is 1.23. The standard InChI is InChI=1S/C17H15FN2O4/c1-24-17(23)15-12-6-7-20(9-10-2-4-11(18)5-3-10)16(22)14(12)13(21)8-19-15/h2-5,8,21H,6-7,9H2,1H3. The van der Waals surface area contributed by atoms with Crippen LogP contribution in [0.25, 0.3) is 0 Å². The lowest BCUT2D eigenvalue weighted by atomic mass is 9.96. The highest BCUT2D eigenvalue weighted by Gasteiger charge is 2.31. The number of methoxy groups -OCH3 is 1. The van der Waals surface area contributed by atoms with E-state index in [1.807, 2.05) is 0 Å². The van der Waals surface area contributed by atoms with Crippen LogP contribution < -0.4 is 0 Å². The van der Waals surface area contributed by atoms with Gasteiger partial charge in [-0.3, -0.25) is 4.79 Å². The second-order valence-corrected chi connectivity index (χ2v) is 5.44. The van der Waals surface area contributed by atoms with E-state index in [0.717, 1.165) is 11.8 Å². The van der Waals surface area contributed by atoms with Crippen molar-refractivity contribution in [3.05, 3.63) is 58.7 Å². The Hall–Kier alpha value is -2.96. The number of ether oxygens (including phenoxy) is 1. The van der Waals surface area contributed by atoms with Crippen molar-refractivity contribution in [2.75, 3.05) is 13.7 Å². The van der Waals surface area contributed by atoms with Crippen molar-refractivity contribution in [3.8, 4) is 5.75 Å². The lowest BCUT2D eigenvalue weighted by molar-refractivity contribution is 0.0591. The third-order valence-electron chi connectivity index (χ3n) is 3.96. The fraction of sp³-hybridized carbons (Fsp3) is 0.235. The first-order valence-electron chi connectivity index (χ1n) is 7.34. The Balaban J connectivity index is 1.92. The van der Waals surface area contributed by atoms with Crippen LogP contribution in [0.15, 0.2) is 30.5 Å². The van der Waals surface area contributed by atoms with Gasteiger partial charge in [0.05, 0.1) is 18.9 Å². The first kappa shape index (κ1) is 15.9. The first-order valence-corrected chi connectivity index (χ1v) is 7.34. The molecule has 0 unspecified atom stereocenters. The van der Waals surface area contributed by atoms with Crippen LogP contribution in [0.4, 0.5) is 4.39 Å². The summed E-state index contributed by atoms with van der Waals surface area (Å²) in [6, 6.07) is 5.86. The van der Waals surface area contributed by atoms with Crippen LogP contribution in [0.2, 0.25) is 0 Å². The van der Waals surface area contributed by atoms with E-state index < -0.39 is 11.9 Å². The number of esters is 1. The van der Waals surface area contributed by atoms with Gasteiger partial charge in [0.25, 0.3) is 5.91 Å². The van der Waals surface area contributed by atoms with Crippen LogP contribution in [0.3, 0.4) is 0 Å². The molecule has 0 spiro atoms. The van der Waals surface area contributed by atoms with Gasteiger partial charge in [-0.2, -0.15) is 0 Å². The van der Waals surface area contributed by atoms with Gasteiger partial charge in [0, 0.05) is 18.7 Å². The quantitative estimate of drug-likeness (QED) is 0.870. The molecule has 1 amide bonds. The van der Waals surface area contributed by atoms with Crippen molar-refractivity contribution in [3.63, 3.8) is 0 Å². The number of carbonyl (C=O) groups excluding carboxylic acids is 2. The third-order valence-corrected chi connectivity index (χ3v) is 3.96. The van der Waals surface area contributed by atoms with Crippen LogP contribution in [0, 0.1) is 5.82 Å². The smallest absolute Gasteiger partial charge is 0.356 e. The lowest BCUT2D eigenvalue weighted by Gasteiger charge is -2.29. The number of pyridine rings is 1. The monoisotopic (exact) mass is 330 g/mol. The van der Waals surface area contributed by atoms with Gasteiger partial charge in [0.2, 0.25) is 0 Å². The van der Waals surface area contributed by atoms with Crippen LogP contribution >= 0.6 is 0 Å². The first-order chi connectivity index (χ1) is 11.5. The minimum atomic E-state index is -0.647. The summed E-state index contributed by atoms with van der Waals surface area (Å²) < 4.78 is 17.6. The zero-order valence-corrected chi connectivity index (χ0v) is 13.0. The number of rotatable bonds is 3. The summed E-state index contributed by atoms with van der Waals surface area (Å²) in [5.41, 5.74) is 1.27. The number of halogens is 1. The molecule has 1 N–H and O–H groups in total. The maximum absolute atomic E-state index is 13.0. The molecule has 0 radical (unpaired) electrons. The summed E-state index contributed by atoms with van der Waals surface area (Å²) in [6.07, 6.45) is 1.44. The molecule has 124 valence electrons. The molecule has 1 aliphatic heterocycles. The predicted molar refractivity (Wildman–Crippen MR) is 82.1 cm³/mol. The molecule has 1 aromatic heterocycles. The maximum Gasteiger partial charge on any atom is 0.356 e. The topological polar surface area (TPSA) is 79.7 Å². The van der Waals surface area contributed by atoms with E-state index in [4.69, 9.17) is 0 Å². The Morgan fingerprint density at radius 3 is 2.75 bits per heavy atom. The summed E-state index contributed by atoms with van der Waals surface area (Å²) in [4.78, 5) is 29.9. The zero-order valence-electron chi connectivity index (χ0n) is 13.0. The second kappa shape index (κ2) is 6.27. The van der Waals surface area contributed by atoms with E-state index in [9.17, 15) is 19.1 Å². The van der Waals surface area contributed by atoms with Crippen molar-refractivity contribution in [2.24, 2.45) is 0 Å². The Kier molecular flexibility index (Phi) is 4.16. The largest absolute Gasteiger partial charge is 0.505 e. The van der Waals surface area contributed by atoms with Gasteiger partial charge >= 0.3 is 5.97 Å². The molecule has 1 aliphatic rings. The van der Waals surface area contributed by atoms with Gasteiger partial charge in [0.15, 0.2) is 5.69 Å². The summed E-state index contributed by atoms with van der Waals surface area (Å²) in [6.45, 7) is 0.645. The van der Waals surface area contributed by atoms with Gasteiger partial charge in [-0.15, -0.1) is 0 Å². The van der Waals surface area contributed by atoms with Gasteiger partial charge in [0.1, 0.15) is 11.6 Å². The Labute approximate surface area is 137 Å². The molecule has 0 saturated heterocycles. The van der Waals surface area contributed by atoms with E-state index >= 15 is 0 Å². The molecule has 24 heavy (non-hydrogen) atoms. The molecule has 6 nitrogen and oxygen atoms in total. The number of aromatic nitrogens is 1. The average Bonchev–Trinajstić information content (AvgIpc) is 2.58. The van der Waals surface area contributed by atoms with Gasteiger partial charge in [-0.1, -0.05) is 12.1 Å². The van der Waals surface area contributed by atoms with Crippen molar-refractivity contribution in [2.45, 2.75) is 13.0 Å². The van der Waals surface area contributed by atoms with Crippen LogP contribution in [-0.2, 0) is 17.7 Å². The Morgan fingerprint density at radius 2 is 2.08 bits per heavy atom. The molecule has 7 heteroatoms. The number of nitrogens with zero attached hydrogens (tertiary/aromatic N) is 2. The fourth-order valence-corrected chi connectivity index (χ4v) is 2.76.